The van der Waals surface area contributed by atoms with Crippen molar-refractivity contribution in [3.05, 3.63) is 58.3 Å². The van der Waals surface area contributed by atoms with Gasteiger partial charge in [0.1, 0.15) is 10.7 Å². The van der Waals surface area contributed by atoms with Crippen LogP contribution in [0.4, 0.5) is 10.1 Å². The molecule has 0 radical (unpaired) electrons. The van der Waals surface area contributed by atoms with E-state index in [0.29, 0.717) is 0 Å². The van der Waals surface area contributed by atoms with Crippen LogP contribution >= 0.6 is 15.9 Å². The van der Waals surface area contributed by atoms with E-state index in [1.807, 2.05) is 0 Å². The molecule has 0 amide bonds. The molecule has 1 atom stereocenters. The third kappa shape index (κ3) is 3.81. The fraction of sp³-hybridized carbons (Fsp3) is 0.143. The Hall–Kier alpha value is -1.44. The molecule has 0 bridgehead atoms. The smallest absolute Gasteiger partial charge is 0.244 e. The maximum absolute atomic E-state index is 13.7. The van der Waals surface area contributed by atoms with E-state index in [9.17, 15) is 12.8 Å². The normalized spacial score (nSPS) is 13.1. The van der Waals surface area contributed by atoms with Gasteiger partial charge in [-0.1, -0.05) is 28.1 Å². The van der Waals surface area contributed by atoms with Gasteiger partial charge in [-0.25, -0.2) is 17.5 Å². The van der Waals surface area contributed by atoms with Gasteiger partial charge in [0.15, 0.2) is 0 Å². The lowest BCUT2D eigenvalue weighted by Crippen LogP contribution is -2.27. The maximum Gasteiger partial charge on any atom is 0.244 e. The molecule has 2 aromatic carbocycles. The first kappa shape index (κ1) is 15.9. The van der Waals surface area contributed by atoms with Gasteiger partial charge < -0.3 is 5.73 Å². The van der Waals surface area contributed by atoms with Crippen LogP contribution in [-0.4, -0.2) is 8.42 Å². The molecular formula is C14H14BrFN2O2S. The minimum absolute atomic E-state index is 0.188. The monoisotopic (exact) mass is 372 g/mol. The minimum atomic E-state index is -3.99. The summed E-state index contributed by atoms with van der Waals surface area (Å²) in [5, 5.41) is 0. The molecule has 0 saturated heterocycles. The number of anilines is 1. The molecule has 0 aromatic heterocycles. The van der Waals surface area contributed by atoms with Gasteiger partial charge >= 0.3 is 0 Å². The number of sulfonamides is 1. The van der Waals surface area contributed by atoms with E-state index >= 15 is 0 Å². The van der Waals surface area contributed by atoms with Crippen molar-refractivity contribution < 1.29 is 12.8 Å². The van der Waals surface area contributed by atoms with E-state index in [0.717, 1.165) is 22.2 Å². The Bertz CT molecular complexity index is 748. The van der Waals surface area contributed by atoms with Gasteiger partial charge in [0, 0.05) is 16.2 Å². The molecule has 1 unspecified atom stereocenters. The van der Waals surface area contributed by atoms with Crippen LogP contribution in [0.15, 0.2) is 51.8 Å². The summed E-state index contributed by atoms with van der Waals surface area (Å²) in [6.07, 6.45) is 0. The van der Waals surface area contributed by atoms with Crippen molar-refractivity contribution in [1.82, 2.24) is 4.72 Å². The number of nitrogens with one attached hydrogen (secondary N) is 1. The molecule has 0 fully saturated rings. The van der Waals surface area contributed by atoms with Crippen molar-refractivity contribution in [3.63, 3.8) is 0 Å². The van der Waals surface area contributed by atoms with E-state index in [-0.39, 0.29) is 5.69 Å². The third-order valence-corrected chi connectivity index (χ3v) is 5.03. The average Bonchev–Trinajstić information content (AvgIpc) is 2.41. The zero-order valence-corrected chi connectivity index (χ0v) is 13.6. The van der Waals surface area contributed by atoms with Crippen LogP contribution in [0.5, 0.6) is 0 Å². The Morgan fingerprint density at radius 2 is 1.81 bits per heavy atom. The third-order valence-electron chi connectivity index (χ3n) is 2.95. The lowest BCUT2D eigenvalue weighted by Gasteiger charge is -2.15. The molecule has 0 spiro atoms. The lowest BCUT2D eigenvalue weighted by molar-refractivity contribution is 0.547. The topological polar surface area (TPSA) is 72.2 Å². The largest absolute Gasteiger partial charge is 0.399 e. The number of rotatable bonds is 4. The molecule has 4 nitrogen and oxygen atoms in total. The highest BCUT2D eigenvalue weighted by Crippen LogP contribution is 2.22. The van der Waals surface area contributed by atoms with Gasteiger partial charge in [-0.2, -0.15) is 0 Å². The van der Waals surface area contributed by atoms with Gasteiger partial charge in [0.25, 0.3) is 0 Å². The molecule has 0 aliphatic rings. The van der Waals surface area contributed by atoms with Crippen molar-refractivity contribution >= 4 is 31.6 Å². The number of benzene rings is 2. The van der Waals surface area contributed by atoms with Gasteiger partial charge in [-0.05, 0) is 42.8 Å². The first-order valence-corrected chi connectivity index (χ1v) is 8.40. The average molecular weight is 373 g/mol. The van der Waals surface area contributed by atoms with E-state index in [1.54, 1.807) is 31.2 Å². The second kappa shape index (κ2) is 6.13. The maximum atomic E-state index is 13.7. The number of hydrogen-bond donors (Lipinski definition) is 2. The van der Waals surface area contributed by atoms with Gasteiger partial charge in [-0.3, -0.25) is 0 Å². The van der Waals surface area contributed by atoms with Crippen molar-refractivity contribution in [3.8, 4) is 0 Å². The van der Waals surface area contributed by atoms with Gasteiger partial charge in [0.2, 0.25) is 10.0 Å². The predicted octanol–water partition coefficient (Wildman–Crippen LogP) is 3.21. The Morgan fingerprint density at radius 3 is 2.43 bits per heavy atom. The second-order valence-corrected chi connectivity index (χ2v) is 7.18. The van der Waals surface area contributed by atoms with Crippen LogP contribution in [0.2, 0.25) is 0 Å². The molecule has 112 valence electrons. The fourth-order valence-corrected chi connectivity index (χ4v) is 3.45. The summed E-state index contributed by atoms with van der Waals surface area (Å²) in [5.41, 5.74) is 6.48. The van der Waals surface area contributed by atoms with E-state index in [1.165, 1.54) is 6.07 Å². The minimum Gasteiger partial charge on any atom is -0.399 e. The molecule has 0 heterocycles. The summed E-state index contributed by atoms with van der Waals surface area (Å²) < 4.78 is 41.5. The number of nitrogens with two attached hydrogens (primary N) is 1. The zero-order valence-electron chi connectivity index (χ0n) is 11.2. The summed E-state index contributed by atoms with van der Waals surface area (Å²) in [5.74, 6) is -0.834. The second-order valence-electron chi connectivity index (χ2n) is 4.58. The van der Waals surface area contributed by atoms with Crippen molar-refractivity contribution in [2.45, 2.75) is 17.9 Å². The Labute approximate surface area is 131 Å². The number of hydrogen-bond acceptors (Lipinski definition) is 3. The van der Waals surface area contributed by atoms with E-state index < -0.39 is 26.8 Å². The quantitative estimate of drug-likeness (QED) is 0.809. The lowest BCUT2D eigenvalue weighted by atomic mass is 10.1. The van der Waals surface area contributed by atoms with Crippen molar-refractivity contribution in [2.24, 2.45) is 0 Å². The van der Waals surface area contributed by atoms with Crippen LogP contribution in [0.3, 0.4) is 0 Å². The molecule has 7 heteroatoms. The number of halogens is 2. The van der Waals surface area contributed by atoms with E-state index in [2.05, 4.69) is 20.7 Å². The van der Waals surface area contributed by atoms with Crippen molar-refractivity contribution in [2.75, 3.05) is 5.73 Å². The summed E-state index contributed by atoms with van der Waals surface area (Å²) >= 11 is 3.31. The first-order valence-electron chi connectivity index (χ1n) is 6.12. The SMILES string of the molecule is CC(NS(=O)(=O)c1cc(N)ccc1F)c1ccc(Br)cc1. The van der Waals surface area contributed by atoms with Crippen LogP contribution < -0.4 is 10.5 Å². The molecule has 3 N–H and O–H groups in total. The van der Waals surface area contributed by atoms with Crippen LogP contribution in [-0.2, 0) is 10.0 Å². The Kier molecular flexibility index (Phi) is 4.65. The molecule has 0 aliphatic heterocycles. The molecule has 2 aromatic rings. The molecule has 0 saturated carbocycles. The number of nitrogen functional groups attached to an aromatic ring is 1. The fourth-order valence-electron chi connectivity index (χ4n) is 1.84. The molecule has 0 aliphatic carbocycles. The Balaban J connectivity index is 2.28. The van der Waals surface area contributed by atoms with Crippen LogP contribution in [0.25, 0.3) is 0 Å². The van der Waals surface area contributed by atoms with Crippen LogP contribution in [0.1, 0.15) is 18.5 Å². The summed E-state index contributed by atoms with van der Waals surface area (Å²) in [6.45, 7) is 1.69. The van der Waals surface area contributed by atoms with Gasteiger partial charge in [-0.15, -0.1) is 0 Å². The zero-order chi connectivity index (χ0) is 15.6. The highest BCUT2D eigenvalue weighted by Gasteiger charge is 2.22. The Morgan fingerprint density at radius 1 is 1.19 bits per heavy atom. The first-order chi connectivity index (χ1) is 9.79. The van der Waals surface area contributed by atoms with E-state index in [4.69, 9.17) is 5.73 Å². The molecule has 2 rings (SSSR count). The molecule has 21 heavy (non-hydrogen) atoms. The van der Waals surface area contributed by atoms with Crippen molar-refractivity contribution in [1.29, 1.82) is 0 Å². The highest BCUT2D eigenvalue weighted by atomic mass is 79.9. The van der Waals surface area contributed by atoms with Gasteiger partial charge in [0.05, 0.1) is 0 Å². The molecular weight excluding hydrogens is 359 g/mol. The van der Waals surface area contributed by atoms with Crippen LogP contribution in [0, 0.1) is 5.82 Å². The summed E-state index contributed by atoms with van der Waals surface area (Å²) in [6, 6.07) is 10.1. The highest BCUT2D eigenvalue weighted by molar-refractivity contribution is 9.10. The predicted molar refractivity (Wildman–Crippen MR) is 83.7 cm³/mol. The summed E-state index contributed by atoms with van der Waals surface area (Å²) in [7, 11) is -3.99. The summed E-state index contributed by atoms with van der Waals surface area (Å²) in [4.78, 5) is -0.452. The standard InChI is InChI=1S/C14H14BrFN2O2S/c1-9(10-2-4-11(15)5-3-10)18-21(19,20)14-8-12(17)6-7-13(14)16/h2-9,18H,17H2,1H3.